The number of rotatable bonds is 7. The highest BCUT2D eigenvalue weighted by atomic mass is 35.5. The highest BCUT2D eigenvalue weighted by molar-refractivity contribution is 6.32. The van der Waals surface area contributed by atoms with Crippen LogP contribution in [0.2, 0.25) is 5.02 Å². The highest BCUT2D eigenvalue weighted by Gasteiger charge is 2.04. The number of hydrogen-bond donors (Lipinski definition) is 2. The summed E-state index contributed by atoms with van der Waals surface area (Å²) < 4.78 is 0. The first-order valence-electron chi connectivity index (χ1n) is 5.78. The second kappa shape index (κ2) is 7.29. The number of likely N-dealkylation sites (N-methyl/N-ethyl adjacent to an activating group) is 1. The molecule has 0 saturated carbocycles. The van der Waals surface area contributed by atoms with Crippen molar-refractivity contribution in [3.05, 3.63) is 11.2 Å². The maximum Gasteiger partial charge on any atom is 0.224 e. The summed E-state index contributed by atoms with van der Waals surface area (Å²) in [5.74, 6) is 1.30. The minimum Gasteiger partial charge on any atom is -0.367 e. The molecule has 1 aromatic heterocycles. The largest absolute Gasteiger partial charge is 0.367 e. The predicted molar refractivity (Wildman–Crippen MR) is 72.9 cm³/mol. The van der Waals surface area contributed by atoms with E-state index in [1.54, 1.807) is 6.20 Å². The topological polar surface area (TPSA) is 53.1 Å². The molecule has 0 fully saturated rings. The van der Waals surface area contributed by atoms with E-state index in [1.807, 2.05) is 14.1 Å². The fraction of sp³-hybridized carbons (Fsp3) is 0.636. The molecule has 0 radical (unpaired) electrons. The molecule has 0 amide bonds. The van der Waals surface area contributed by atoms with Gasteiger partial charge in [0.25, 0.3) is 0 Å². The molecule has 0 bridgehead atoms. The zero-order chi connectivity index (χ0) is 12.7. The number of anilines is 2. The first-order chi connectivity index (χ1) is 8.13. The zero-order valence-electron chi connectivity index (χ0n) is 10.6. The van der Waals surface area contributed by atoms with E-state index in [4.69, 9.17) is 11.6 Å². The lowest BCUT2D eigenvalue weighted by Crippen LogP contribution is -2.21. The van der Waals surface area contributed by atoms with Crippen LogP contribution in [0.1, 0.15) is 13.3 Å². The smallest absolute Gasteiger partial charge is 0.224 e. The molecule has 0 aromatic carbocycles. The standard InChI is InChI=1S/C11H20ClN5/c1-4-5-14-11-15-8-9(12)10(16-11)13-6-7-17(2)3/h8H,4-7H2,1-3H3,(H2,13,14,15,16). The lowest BCUT2D eigenvalue weighted by atomic mass is 10.5. The molecular formula is C11H20ClN5. The molecule has 0 aliphatic heterocycles. The molecule has 0 atom stereocenters. The van der Waals surface area contributed by atoms with Crippen molar-refractivity contribution in [2.75, 3.05) is 44.4 Å². The molecule has 1 rings (SSSR count). The van der Waals surface area contributed by atoms with Crippen LogP contribution in [0, 0.1) is 0 Å². The van der Waals surface area contributed by atoms with E-state index in [0.717, 1.165) is 26.1 Å². The van der Waals surface area contributed by atoms with Crippen LogP contribution in [0.25, 0.3) is 0 Å². The SMILES string of the molecule is CCCNc1ncc(Cl)c(NCCN(C)C)n1. The molecular weight excluding hydrogens is 238 g/mol. The Balaban J connectivity index is 2.56. The molecule has 2 N–H and O–H groups in total. The Labute approximate surface area is 108 Å². The molecule has 17 heavy (non-hydrogen) atoms. The summed E-state index contributed by atoms with van der Waals surface area (Å²) in [6.07, 6.45) is 2.65. The van der Waals surface area contributed by atoms with Crippen LogP contribution in [-0.4, -0.2) is 48.6 Å². The van der Waals surface area contributed by atoms with Gasteiger partial charge in [-0.2, -0.15) is 4.98 Å². The zero-order valence-corrected chi connectivity index (χ0v) is 11.4. The normalized spacial score (nSPS) is 10.6. The van der Waals surface area contributed by atoms with Gasteiger partial charge in [-0.05, 0) is 20.5 Å². The van der Waals surface area contributed by atoms with Crippen molar-refractivity contribution in [1.82, 2.24) is 14.9 Å². The van der Waals surface area contributed by atoms with Crippen LogP contribution in [0.4, 0.5) is 11.8 Å². The Hall–Kier alpha value is -1.07. The van der Waals surface area contributed by atoms with E-state index in [-0.39, 0.29) is 0 Å². The summed E-state index contributed by atoms with van der Waals surface area (Å²) in [6, 6.07) is 0. The maximum atomic E-state index is 6.02. The molecule has 6 heteroatoms. The molecule has 0 aliphatic rings. The number of hydrogen-bond acceptors (Lipinski definition) is 5. The van der Waals surface area contributed by atoms with Gasteiger partial charge in [0.2, 0.25) is 5.95 Å². The van der Waals surface area contributed by atoms with Crippen LogP contribution >= 0.6 is 11.6 Å². The highest BCUT2D eigenvalue weighted by Crippen LogP contribution is 2.18. The summed E-state index contributed by atoms with van der Waals surface area (Å²) in [7, 11) is 4.05. The Kier molecular flexibility index (Phi) is 6.00. The summed E-state index contributed by atoms with van der Waals surface area (Å²) in [6.45, 7) is 4.69. The van der Waals surface area contributed by atoms with Crippen molar-refractivity contribution in [3.63, 3.8) is 0 Å². The second-order valence-electron chi connectivity index (χ2n) is 4.05. The van der Waals surface area contributed by atoms with Crippen molar-refractivity contribution in [1.29, 1.82) is 0 Å². The molecule has 96 valence electrons. The van der Waals surface area contributed by atoms with Gasteiger partial charge in [0.1, 0.15) is 5.02 Å². The van der Waals surface area contributed by atoms with Crippen molar-refractivity contribution >= 4 is 23.4 Å². The average Bonchev–Trinajstić information content (AvgIpc) is 2.29. The molecule has 1 heterocycles. The number of halogens is 1. The second-order valence-corrected chi connectivity index (χ2v) is 4.45. The summed E-state index contributed by atoms with van der Waals surface area (Å²) in [5, 5.41) is 6.87. The summed E-state index contributed by atoms with van der Waals surface area (Å²) in [5.41, 5.74) is 0. The maximum absolute atomic E-state index is 6.02. The van der Waals surface area contributed by atoms with Crippen LogP contribution in [0.3, 0.4) is 0 Å². The number of nitrogens with zero attached hydrogens (tertiary/aromatic N) is 3. The van der Waals surface area contributed by atoms with Crippen molar-refractivity contribution in [2.45, 2.75) is 13.3 Å². The quantitative estimate of drug-likeness (QED) is 0.782. The minimum atomic E-state index is 0.547. The lowest BCUT2D eigenvalue weighted by molar-refractivity contribution is 0.425. The molecule has 5 nitrogen and oxygen atoms in total. The van der Waals surface area contributed by atoms with Gasteiger partial charge in [0, 0.05) is 19.6 Å². The van der Waals surface area contributed by atoms with E-state index >= 15 is 0 Å². The third-order valence-corrected chi connectivity index (χ3v) is 2.41. The van der Waals surface area contributed by atoms with E-state index < -0.39 is 0 Å². The first kappa shape index (κ1) is 14.0. The van der Waals surface area contributed by atoms with Gasteiger partial charge in [-0.3, -0.25) is 0 Å². The van der Waals surface area contributed by atoms with Gasteiger partial charge in [-0.15, -0.1) is 0 Å². The van der Waals surface area contributed by atoms with Gasteiger partial charge in [-0.25, -0.2) is 4.98 Å². The lowest BCUT2D eigenvalue weighted by Gasteiger charge is -2.12. The van der Waals surface area contributed by atoms with E-state index in [1.165, 1.54) is 0 Å². The monoisotopic (exact) mass is 257 g/mol. The van der Waals surface area contributed by atoms with Crippen molar-refractivity contribution < 1.29 is 0 Å². The van der Waals surface area contributed by atoms with Crippen LogP contribution in [0.15, 0.2) is 6.20 Å². The Morgan fingerprint density at radius 1 is 1.29 bits per heavy atom. The molecule has 0 aliphatic carbocycles. The van der Waals surface area contributed by atoms with Gasteiger partial charge < -0.3 is 15.5 Å². The third kappa shape index (κ3) is 5.19. The first-order valence-corrected chi connectivity index (χ1v) is 6.16. The number of aromatic nitrogens is 2. The van der Waals surface area contributed by atoms with Crippen molar-refractivity contribution in [3.8, 4) is 0 Å². The van der Waals surface area contributed by atoms with Gasteiger partial charge >= 0.3 is 0 Å². The van der Waals surface area contributed by atoms with E-state index in [9.17, 15) is 0 Å². The van der Waals surface area contributed by atoms with Crippen molar-refractivity contribution in [2.24, 2.45) is 0 Å². The molecule has 0 unspecified atom stereocenters. The van der Waals surface area contributed by atoms with E-state index in [0.29, 0.717) is 16.8 Å². The van der Waals surface area contributed by atoms with E-state index in [2.05, 4.69) is 32.4 Å². The number of nitrogens with one attached hydrogen (secondary N) is 2. The van der Waals surface area contributed by atoms with Gasteiger partial charge in [0.15, 0.2) is 5.82 Å². The Morgan fingerprint density at radius 3 is 2.71 bits per heavy atom. The molecule has 0 spiro atoms. The fourth-order valence-corrected chi connectivity index (χ4v) is 1.37. The van der Waals surface area contributed by atoms with Gasteiger partial charge in [0.05, 0.1) is 6.20 Å². The van der Waals surface area contributed by atoms with Crippen LogP contribution in [-0.2, 0) is 0 Å². The molecule has 1 aromatic rings. The van der Waals surface area contributed by atoms with Crippen LogP contribution < -0.4 is 10.6 Å². The molecule has 0 saturated heterocycles. The Morgan fingerprint density at radius 2 is 2.06 bits per heavy atom. The minimum absolute atomic E-state index is 0.547. The summed E-state index contributed by atoms with van der Waals surface area (Å²) >= 11 is 6.02. The van der Waals surface area contributed by atoms with Crippen LogP contribution in [0.5, 0.6) is 0 Å². The third-order valence-electron chi connectivity index (χ3n) is 2.13. The Bertz CT molecular complexity index is 343. The summed E-state index contributed by atoms with van der Waals surface area (Å²) in [4.78, 5) is 10.5. The predicted octanol–water partition coefficient (Wildman–Crippen LogP) is 1.93. The fourth-order valence-electron chi connectivity index (χ4n) is 1.21. The van der Waals surface area contributed by atoms with Gasteiger partial charge in [-0.1, -0.05) is 18.5 Å². The average molecular weight is 258 g/mol.